The molecule has 3 heterocycles. The summed E-state index contributed by atoms with van der Waals surface area (Å²) in [7, 11) is 0. The van der Waals surface area contributed by atoms with Gasteiger partial charge in [0.2, 0.25) is 11.8 Å². The number of amides is 4. The lowest BCUT2D eigenvalue weighted by Gasteiger charge is -2.43. The third kappa shape index (κ3) is 2.53. The number of carbonyl (C=O) groups is 3. The van der Waals surface area contributed by atoms with Gasteiger partial charge in [0.05, 0.1) is 24.4 Å². The fourth-order valence-electron chi connectivity index (χ4n) is 3.66. The van der Waals surface area contributed by atoms with Gasteiger partial charge in [-0.3, -0.25) is 14.5 Å². The number of carbonyl (C=O) groups excluding carboxylic acids is 3. The van der Waals surface area contributed by atoms with Gasteiger partial charge in [0.25, 0.3) is 0 Å². The lowest BCUT2D eigenvalue weighted by molar-refractivity contribution is -0.145. The van der Waals surface area contributed by atoms with Crippen LogP contribution in [-0.2, 0) is 16.1 Å². The average Bonchev–Trinajstić information content (AvgIpc) is 3.15. The zero-order valence-electron chi connectivity index (χ0n) is 13.2. The van der Waals surface area contributed by atoms with Crippen LogP contribution in [-0.4, -0.2) is 46.8 Å². The van der Waals surface area contributed by atoms with Crippen molar-refractivity contribution in [1.82, 2.24) is 15.1 Å². The van der Waals surface area contributed by atoms with E-state index in [1.54, 1.807) is 16.2 Å². The molecular weight excluding hydrogens is 326 g/mol. The highest BCUT2D eigenvalue weighted by Gasteiger charge is 2.52. The number of thiophene rings is 1. The fraction of sp³-hybridized carbons (Fsp3) is 0.471. The Balaban J connectivity index is 1.31. The number of hydrogen-bond donors (Lipinski definition) is 1. The van der Waals surface area contributed by atoms with Gasteiger partial charge in [0.1, 0.15) is 0 Å². The number of allylic oxidation sites excluding steroid dienone is 2. The van der Waals surface area contributed by atoms with Crippen molar-refractivity contribution in [3.63, 3.8) is 0 Å². The summed E-state index contributed by atoms with van der Waals surface area (Å²) in [4.78, 5) is 41.3. The van der Waals surface area contributed by atoms with E-state index >= 15 is 0 Å². The van der Waals surface area contributed by atoms with Crippen molar-refractivity contribution in [2.24, 2.45) is 11.8 Å². The van der Waals surface area contributed by atoms with Crippen LogP contribution in [0.2, 0.25) is 0 Å². The maximum absolute atomic E-state index is 12.5. The molecule has 1 aromatic rings. The third-order valence-electron chi connectivity index (χ3n) is 5.05. The maximum Gasteiger partial charge on any atom is 0.317 e. The number of nitrogens with one attached hydrogen (secondary N) is 1. The van der Waals surface area contributed by atoms with Crippen LogP contribution in [0, 0.1) is 11.8 Å². The van der Waals surface area contributed by atoms with E-state index in [4.69, 9.17) is 0 Å². The predicted octanol–water partition coefficient (Wildman–Crippen LogP) is 1.59. The van der Waals surface area contributed by atoms with E-state index < -0.39 is 0 Å². The summed E-state index contributed by atoms with van der Waals surface area (Å²) in [5, 5.41) is 4.84. The van der Waals surface area contributed by atoms with E-state index in [0.29, 0.717) is 32.5 Å². The Labute approximate surface area is 144 Å². The summed E-state index contributed by atoms with van der Waals surface area (Å²) in [5.41, 5.74) is 0. The zero-order chi connectivity index (χ0) is 16.7. The van der Waals surface area contributed by atoms with E-state index in [0.717, 1.165) is 4.88 Å². The summed E-state index contributed by atoms with van der Waals surface area (Å²) < 4.78 is 0. The summed E-state index contributed by atoms with van der Waals surface area (Å²) in [6.45, 7) is 1.37. The molecule has 0 aromatic carbocycles. The monoisotopic (exact) mass is 345 g/mol. The van der Waals surface area contributed by atoms with Gasteiger partial charge in [0.15, 0.2) is 0 Å². The SMILES string of the molecule is O=C(NCc1cccs1)N1CC(N2C(=O)[C@H]3CC=CC[C@@H]3C2=O)C1. The van der Waals surface area contributed by atoms with Gasteiger partial charge in [-0.15, -0.1) is 11.3 Å². The second kappa shape index (κ2) is 6.05. The average molecular weight is 345 g/mol. The summed E-state index contributed by atoms with van der Waals surface area (Å²) >= 11 is 1.60. The minimum atomic E-state index is -0.191. The molecule has 0 saturated carbocycles. The number of imide groups is 1. The van der Waals surface area contributed by atoms with Crippen molar-refractivity contribution in [3.8, 4) is 0 Å². The molecule has 24 heavy (non-hydrogen) atoms. The molecule has 6 nitrogen and oxygen atoms in total. The van der Waals surface area contributed by atoms with Gasteiger partial charge in [-0.05, 0) is 24.3 Å². The Kier molecular flexibility index (Phi) is 3.88. The molecule has 7 heteroatoms. The van der Waals surface area contributed by atoms with Gasteiger partial charge in [0, 0.05) is 18.0 Å². The first kappa shape index (κ1) is 15.4. The highest BCUT2D eigenvalue weighted by Crippen LogP contribution is 2.37. The van der Waals surface area contributed by atoms with Gasteiger partial charge in [-0.1, -0.05) is 18.2 Å². The van der Waals surface area contributed by atoms with Gasteiger partial charge >= 0.3 is 6.03 Å². The molecule has 1 aliphatic carbocycles. The highest BCUT2D eigenvalue weighted by atomic mass is 32.1. The Morgan fingerprint density at radius 3 is 2.42 bits per heavy atom. The molecule has 1 aromatic heterocycles. The summed E-state index contributed by atoms with van der Waals surface area (Å²) in [5.74, 6) is -0.496. The van der Waals surface area contributed by atoms with E-state index in [1.807, 2.05) is 29.7 Å². The van der Waals surface area contributed by atoms with Crippen LogP contribution in [0.5, 0.6) is 0 Å². The second-order valence-corrected chi connectivity index (χ2v) is 7.53. The first-order valence-electron chi connectivity index (χ1n) is 8.22. The second-order valence-electron chi connectivity index (χ2n) is 6.50. The van der Waals surface area contributed by atoms with Crippen molar-refractivity contribution in [2.45, 2.75) is 25.4 Å². The summed E-state index contributed by atoms with van der Waals surface area (Å²) in [6.07, 6.45) is 5.29. The lowest BCUT2D eigenvalue weighted by Crippen LogP contribution is -2.64. The minimum Gasteiger partial charge on any atom is -0.333 e. The van der Waals surface area contributed by atoms with Crippen LogP contribution in [0.4, 0.5) is 4.79 Å². The number of fused-ring (bicyclic) bond motifs is 1. The largest absolute Gasteiger partial charge is 0.333 e. The van der Waals surface area contributed by atoms with Crippen LogP contribution in [0.25, 0.3) is 0 Å². The van der Waals surface area contributed by atoms with Gasteiger partial charge in [-0.25, -0.2) is 4.79 Å². The third-order valence-corrected chi connectivity index (χ3v) is 5.93. The predicted molar refractivity (Wildman–Crippen MR) is 89.1 cm³/mol. The molecule has 4 amide bonds. The van der Waals surface area contributed by atoms with E-state index in [1.165, 1.54) is 4.90 Å². The first-order valence-corrected chi connectivity index (χ1v) is 9.10. The number of hydrogen-bond acceptors (Lipinski definition) is 4. The van der Waals surface area contributed by atoms with Gasteiger partial charge < -0.3 is 10.2 Å². The first-order chi connectivity index (χ1) is 11.6. The van der Waals surface area contributed by atoms with Crippen molar-refractivity contribution < 1.29 is 14.4 Å². The van der Waals surface area contributed by atoms with Crippen LogP contribution in [0.1, 0.15) is 17.7 Å². The van der Waals surface area contributed by atoms with Crippen molar-refractivity contribution in [3.05, 3.63) is 34.5 Å². The van der Waals surface area contributed by atoms with Crippen molar-refractivity contribution in [2.75, 3.05) is 13.1 Å². The number of rotatable bonds is 3. The molecule has 0 bridgehead atoms. The van der Waals surface area contributed by atoms with Crippen molar-refractivity contribution >= 4 is 29.2 Å². The molecule has 0 unspecified atom stereocenters. The normalized spacial score (nSPS) is 26.5. The van der Waals surface area contributed by atoms with Crippen LogP contribution in [0.3, 0.4) is 0 Å². The highest BCUT2D eigenvalue weighted by molar-refractivity contribution is 7.09. The number of likely N-dealkylation sites (tertiary alicyclic amines) is 2. The van der Waals surface area contributed by atoms with Crippen LogP contribution in [0.15, 0.2) is 29.7 Å². The zero-order valence-corrected chi connectivity index (χ0v) is 14.0. The molecule has 4 rings (SSSR count). The van der Waals surface area contributed by atoms with Crippen LogP contribution < -0.4 is 5.32 Å². The molecule has 2 saturated heterocycles. The van der Waals surface area contributed by atoms with Gasteiger partial charge in [-0.2, -0.15) is 0 Å². The quantitative estimate of drug-likeness (QED) is 0.668. The molecule has 0 spiro atoms. The molecule has 2 fully saturated rings. The van der Waals surface area contributed by atoms with Crippen molar-refractivity contribution in [1.29, 1.82) is 0 Å². The van der Waals surface area contributed by atoms with E-state index in [2.05, 4.69) is 5.32 Å². The molecule has 2 aliphatic heterocycles. The minimum absolute atomic E-state index is 0.0574. The Bertz CT molecular complexity index is 668. The molecule has 126 valence electrons. The lowest BCUT2D eigenvalue weighted by atomic mass is 9.85. The van der Waals surface area contributed by atoms with E-state index in [-0.39, 0.29) is 35.7 Å². The molecule has 0 radical (unpaired) electrons. The Hall–Kier alpha value is -2.15. The smallest absolute Gasteiger partial charge is 0.317 e. The Morgan fingerprint density at radius 1 is 1.17 bits per heavy atom. The number of nitrogens with zero attached hydrogens (tertiary/aromatic N) is 2. The number of urea groups is 1. The standard InChI is InChI=1S/C17H19N3O3S/c21-15-13-5-1-2-6-14(13)16(22)20(15)11-9-19(10-11)17(23)18-8-12-4-3-7-24-12/h1-4,7,11,13-14H,5-6,8-10H2,(H,18,23)/t13-,14-/m0/s1. The van der Waals surface area contributed by atoms with Crippen LogP contribution >= 0.6 is 11.3 Å². The fourth-order valence-corrected chi connectivity index (χ4v) is 4.30. The van der Waals surface area contributed by atoms with E-state index in [9.17, 15) is 14.4 Å². The molecule has 2 atom stereocenters. The molecular formula is C17H19N3O3S. The summed E-state index contributed by atoms with van der Waals surface area (Å²) in [6, 6.07) is 3.62. The molecule has 1 N–H and O–H groups in total. The molecule has 3 aliphatic rings. The Morgan fingerprint density at radius 2 is 1.83 bits per heavy atom. The maximum atomic E-state index is 12.5. The topological polar surface area (TPSA) is 69.7 Å².